The summed E-state index contributed by atoms with van der Waals surface area (Å²) in [6.07, 6.45) is -0.0400. The normalized spacial score (nSPS) is 11.5. The Kier molecular flexibility index (Phi) is 5.26. The van der Waals surface area contributed by atoms with Crippen LogP contribution in [0.15, 0.2) is 61.3 Å². The summed E-state index contributed by atoms with van der Waals surface area (Å²) < 4.78 is 41.0. The van der Waals surface area contributed by atoms with E-state index in [0.29, 0.717) is 16.9 Å². The van der Waals surface area contributed by atoms with Gasteiger partial charge in [-0.1, -0.05) is 6.07 Å². The lowest BCUT2D eigenvalue weighted by Gasteiger charge is -2.14. The third-order valence-electron chi connectivity index (χ3n) is 4.46. The van der Waals surface area contributed by atoms with E-state index in [1.165, 1.54) is 12.4 Å². The lowest BCUT2D eigenvalue weighted by atomic mass is 10.1. The number of urea groups is 1. The van der Waals surface area contributed by atoms with E-state index in [2.05, 4.69) is 25.6 Å². The molecule has 4 aromatic rings. The minimum absolute atomic E-state index is 0.0526. The number of rotatable bonds is 4. The van der Waals surface area contributed by atoms with Gasteiger partial charge in [-0.15, -0.1) is 0 Å². The monoisotopic (exact) mass is 428 g/mol. The fourth-order valence-corrected chi connectivity index (χ4v) is 3.01. The second-order valence-corrected chi connectivity index (χ2v) is 6.50. The molecule has 0 aliphatic heterocycles. The number of imidazole rings is 1. The number of alkyl halides is 3. The molecule has 4 rings (SSSR count). The summed E-state index contributed by atoms with van der Waals surface area (Å²) in [6.45, 7) is -0.758. The zero-order valence-electron chi connectivity index (χ0n) is 15.8. The van der Waals surface area contributed by atoms with Crippen LogP contribution in [-0.2, 0) is 12.8 Å². The Labute approximate surface area is 173 Å². The lowest BCUT2D eigenvalue weighted by molar-refractivity contribution is -0.138. The first kappa shape index (κ1) is 20.3. The van der Waals surface area contributed by atoms with Crippen molar-refractivity contribution in [3.05, 3.63) is 72.4 Å². The molecule has 158 valence electrons. The number of nitrogens with one attached hydrogen (secondary N) is 2. The van der Waals surface area contributed by atoms with Crippen molar-refractivity contribution >= 4 is 28.6 Å². The molecule has 2 aromatic heterocycles. The van der Waals surface area contributed by atoms with E-state index >= 15 is 0 Å². The molecular formula is C20H15F3N6O2. The van der Waals surface area contributed by atoms with Crippen LogP contribution >= 0.6 is 0 Å². The Morgan fingerprint density at radius 1 is 1.03 bits per heavy atom. The number of aliphatic hydroxyl groups excluding tert-OH is 1. The number of aliphatic hydroxyl groups is 1. The van der Waals surface area contributed by atoms with Gasteiger partial charge in [0, 0.05) is 17.1 Å². The first-order valence-electron chi connectivity index (χ1n) is 8.97. The van der Waals surface area contributed by atoms with E-state index in [1.807, 2.05) is 0 Å². The number of anilines is 2. The molecular weight excluding hydrogens is 413 g/mol. The number of aromatic nitrogens is 4. The van der Waals surface area contributed by atoms with Gasteiger partial charge in [-0.3, -0.25) is 4.57 Å². The van der Waals surface area contributed by atoms with Crippen LogP contribution in [0.1, 0.15) is 11.1 Å². The fourth-order valence-electron chi connectivity index (χ4n) is 3.01. The van der Waals surface area contributed by atoms with E-state index in [9.17, 15) is 18.0 Å². The highest BCUT2D eigenvalue weighted by atomic mass is 19.4. The van der Waals surface area contributed by atoms with Crippen molar-refractivity contribution in [2.24, 2.45) is 0 Å². The van der Waals surface area contributed by atoms with Gasteiger partial charge >= 0.3 is 12.2 Å². The smallest absolute Gasteiger partial charge is 0.392 e. The Morgan fingerprint density at radius 3 is 2.45 bits per heavy atom. The van der Waals surface area contributed by atoms with Crippen molar-refractivity contribution in [1.29, 1.82) is 0 Å². The van der Waals surface area contributed by atoms with Crippen molar-refractivity contribution in [2.75, 3.05) is 10.6 Å². The zero-order chi connectivity index (χ0) is 22.0. The van der Waals surface area contributed by atoms with Crippen molar-refractivity contribution in [1.82, 2.24) is 19.5 Å². The molecule has 0 radical (unpaired) electrons. The number of fused-ring (bicyclic) bond motifs is 1. The van der Waals surface area contributed by atoms with Crippen LogP contribution in [0.3, 0.4) is 0 Å². The number of hydrogen-bond donors (Lipinski definition) is 3. The van der Waals surface area contributed by atoms with Gasteiger partial charge in [0.15, 0.2) is 5.65 Å². The maximum atomic E-state index is 13.1. The maximum Gasteiger partial charge on any atom is 0.416 e. The Bertz CT molecular complexity index is 1240. The maximum absolute atomic E-state index is 13.1. The molecule has 3 N–H and O–H groups in total. The second-order valence-electron chi connectivity index (χ2n) is 6.50. The van der Waals surface area contributed by atoms with Gasteiger partial charge in [-0.25, -0.2) is 19.7 Å². The lowest BCUT2D eigenvalue weighted by Crippen LogP contribution is -2.20. The van der Waals surface area contributed by atoms with Crippen LogP contribution < -0.4 is 10.6 Å². The summed E-state index contributed by atoms with van der Waals surface area (Å²) in [6, 6.07) is 9.21. The number of amides is 2. The molecule has 0 bridgehead atoms. The van der Waals surface area contributed by atoms with Crippen molar-refractivity contribution < 1.29 is 23.1 Å². The van der Waals surface area contributed by atoms with Gasteiger partial charge < -0.3 is 15.7 Å². The quantitative estimate of drug-likeness (QED) is 0.456. The molecule has 0 unspecified atom stereocenters. The number of nitrogens with zero attached hydrogens (tertiary/aromatic N) is 4. The predicted molar refractivity (Wildman–Crippen MR) is 107 cm³/mol. The molecule has 2 amide bonds. The summed E-state index contributed by atoms with van der Waals surface area (Å²) >= 11 is 0. The molecule has 0 fully saturated rings. The molecule has 11 heteroatoms. The van der Waals surface area contributed by atoms with Gasteiger partial charge in [-0.05, 0) is 42.0 Å². The van der Waals surface area contributed by atoms with E-state index in [4.69, 9.17) is 5.11 Å². The first-order valence-corrected chi connectivity index (χ1v) is 8.97. The first-order chi connectivity index (χ1) is 14.8. The van der Waals surface area contributed by atoms with Gasteiger partial charge in [0.2, 0.25) is 0 Å². The summed E-state index contributed by atoms with van der Waals surface area (Å²) in [4.78, 5) is 24.5. The average molecular weight is 428 g/mol. The largest absolute Gasteiger partial charge is 0.416 e. The molecule has 0 saturated heterocycles. The van der Waals surface area contributed by atoms with Crippen molar-refractivity contribution in [2.45, 2.75) is 12.8 Å². The molecule has 8 nitrogen and oxygen atoms in total. The van der Waals surface area contributed by atoms with Gasteiger partial charge in [0.1, 0.15) is 18.2 Å². The number of carbonyl (C=O) groups excluding carboxylic acids is 1. The second kappa shape index (κ2) is 8.03. The van der Waals surface area contributed by atoms with Crippen LogP contribution in [0.5, 0.6) is 0 Å². The van der Waals surface area contributed by atoms with Crippen LogP contribution in [0, 0.1) is 0 Å². The molecule has 2 heterocycles. The summed E-state index contributed by atoms with van der Waals surface area (Å²) in [5.41, 5.74) is 1.11. The van der Waals surface area contributed by atoms with Crippen molar-refractivity contribution in [3.63, 3.8) is 0 Å². The fraction of sp³-hybridized carbons (Fsp3) is 0.100. The Hall–Kier alpha value is -3.99. The zero-order valence-corrected chi connectivity index (χ0v) is 15.8. The number of halogens is 3. The molecule has 0 spiro atoms. The van der Waals surface area contributed by atoms with Gasteiger partial charge in [0.05, 0.1) is 18.4 Å². The number of hydrogen-bond acceptors (Lipinski definition) is 5. The molecule has 31 heavy (non-hydrogen) atoms. The highest BCUT2D eigenvalue weighted by molar-refractivity contribution is 5.99. The minimum Gasteiger partial charge on any atom is -0.392 e. The summed E-state index contributed by atoms with van der Waals surface area (Å²) in [5.74, 6) is 0. The number of carbonyl (C=O) groups is 1. The van der Waals surface area contributed by atoms with Crippen molar-refractivity contribution in [3.8, 4) is 5.69 Å². The number of benzene rings is 2. The topological polar surface area (TPSA) is 105 Å². The highest BCUT2D eigenvalue weighted by Gasteiger charge is 2.33. The third-order valence-corrected chi connectivity index (χ3v) is 4.46. The van der Waals surface area contributed by atoms with Gasteiger partial charge in [-0.2, -0.15) is 13.2 Å². The Balaban J connectivity index is 1.47. The van der Waals surface area contributed by atoms with Crippen LogP contribution in [0.2, 0.25) is 0 Å². The van der Waals surface area contributed by atoms with Crippen LogP contribution in [0.4, 0.5) is 29.3 Å². The molecule has 0 atom stereocenters. The average Bonchev–Trinajstić information content (AvgIpc) is 3.18. The SMILES string of the molecule is O=C(Nc1ccc(-n2cnc3cncnc32)cc1)Nc1ccc(CO)c(C(F)(F)F)c1. The molecule has 0 aliphatic carbocycles. The van der Waals surface area contributed by atoms with Gasteiger partial charge in [0.25, 0.3) is 0 Å². The molecule has 0 saturated carbocycles. The van der Waals surface area contributed by atoms with Crippen LogP contribution in [0.25, 0.3) is 16.9 Å². The summed E-state index contributed by atoms with van der Waals surface area (Å²) in [7, 11) is 0. The summed E-state index contributed by atoms with van der Waals surface area (Å²) in [5, 5.41) is 14.0. The molecule has 2 aromatic carbocycles. The van der Waals surface area contributed by atoms with E-state index in [-0.39, 0.29) is 11.3 Å². The standard InChI is InChI=1S/C20H15F3N6O2/c21-20(22,23)16-7-14(2-1-12(16)9-30)28-19(31)27-13-3-5-15(6-4-13)29-11-26-17-8-24-10-25-18(17)29/h1-8,10-11,30H,9H2,(H2,27,28,31). The van der Waals surface area contributed by atoms with E-state index < -0.39 is 24.4 Å². The third kappa shape index (κ3) is 4.31. The Morgan fingerprint density at radius 2 is 1.74 bits per heavy atom. The highest BCUT2D eigenvalue weighted by Crippen LogP contribution is 2.34. The van der Waals surface area contributed by atoms with E-state index in [0.717, 1.165) is 17.8 Å². The molecule has 0 aliphatic rings. The van der Waals surface area contributed by atoms with Crippen LogP contribution in [-0.4, -0.2) is 30.7 Å². The minimum atomic E-state index is -4.65. The van der Waals surface area contributed by atoms with E-state index in [1.54, 1.807) is 41.4 Å². The predicted octanol–water partition coefficient (Wildman–Crippen LogP) is 3.97.